The summed E-state index contributed by atoms with van der Waals surface area (Å²) in [7, 11) is 0. The molecule has 0 aromatic rings. The Hall–Kier alpha value is -4.19. The molecule has 0 heterocycles. The highest BCUT2D eigenvalue weighted by atomic mass is 16.6. The average Bonchev–Trinajstić information content (AvgIpc) is 3.29. The lowest BCUT2D eigenvalue weighted by Crippen LogP contribution is -2.30. The minimum atomic E-state index is -0.831. The Kier molecular flexibility index (Phi) is 48.1. The van der Waals surface area contributed by atoms with E-state index in [4.69, 9.17) is 14.2 Å². The van der Waals surface area contributed by atoms with Crippen LogP contribution in [0.2, 0.25) is 0 Å². The molecule has 1 atom stereocenters. The summed E-state index contributed by atoms with van der Waals surface area (Å²) in [5, 5.41) is 0. The third-order valence-corrected chi connectivity index (χ3v) is 10.2. The molecule has 0 saturated carbocycles. The first-order chi connectivity index (χ1) is 31.5. The van der Waals surface area contributed by atoms with Crippen molar-refractivity contribution in [1.29, 1.82) is 0 Å². The number of esters is 3. The predicted octanol–water partition coefficient (Wildman–Crippen LogP) is 16.9. The van der Waals surface area contributed by atoms with Crippen molar-refractivity contribution in [3.63, 3.8) is 0 Å². The Morgan fingerprint density at radius 2 is 0.609 bits per heavy atom. The van der Waals surface area contributed by atoms with Crippen LogP contribution < -0.4 is 0 Å². The third kappa shape index (κ3) is 48.8. The molecule has 64 heavy (non-hydrogen) atoms. The SMILES string of the molecule is CC/C=C\C/C=C\C/C=C\C/C=C\C/C=C\CCCC(=O)OCC(COC(=O)CCCCCCCCCCCCCC)OC(=O)CCC/C=C\C/C=C\C/C=C\C/C=C\C/C=C\CC. The maximum Gasteiger partial charge on any atom is 0.306 e. The lowest BCUT2D eigenvalue weighted by molar-refractivity contribution is -0.167. The molecule has 0 aliphatic carbocycles. The first-order valence-corrected chi connectivity index (χ1v) is 25.5. The van der Waals surface area contributed by atoms with E-state index in [0.29, 0.717) is 19.3 Å². The van der Waals surface area contributed by atoms with Crippen LogP contribution in [0.4, 0.5) is 0 Å². The van der Waals surface area contributed by atoms with Gasteiger partial charge in [0.1, 0.15) is 13.2 Å². The van der Waals surface area contributed by atoms with E-state index in [1.165, 1.54) is 57.8 Å². The van der Waals surface area contributed by atoms with Crippen LogP contribution in [0.3, 0.4) is 0 Å². The van der Waals surface area contributed by atoms with Crippen LogP contribution in [-0.2, 0) is 28.6 Å². The van der Waals surface area contributed by atoms with Crippen LogP contribution in [0, 0.1) is 0 Å². The third-order valence-electron chi connectivity index (χ3n) is 10.2. The molecule has 1 unspecified atom stereocenters. The van der Waals surface area contributed by atoms with Gasteiger partial charge in [0.25, 0.3) is 0 Å². The van der Waals surface area contributed by atoms with Crippen molar-refractivity contribution in [1.82, 2.24) is 0 Å². The van der Waals surface area contributed by atoms with E-state index in [0.717, 1.165) is 96.3 Å². The maximum absolute atomic E-state index is 12.8. The minimum Gasteiger partial charge on any atom is -0.462 e. The van der Waals surface area contributed by atoms with Crippen molar-refractivity contribution < 1.29 is 28.6 Å². The Morgan fingerprint density at radius 1 is 0.328 bits per heavy atom. The van der Waals surface area contributed by atoms with Crippen molar-refractivity contribution in [3.8, 4) is 0 Å². The van der Waals surface area contributed by atoms with Gasteiger partial charge in [-0.15, -0.1) is 0 Å². The molecule has 0 aliphatic rings. The second-order valence-electron chi connectivity index (χ2n) is 16.3. The molecule has 0 aromatic carbocycles. The highest BCUT2D eigenvalue weighted by Crippen LogP contribution is 2.13. The van der Waals surface area contributed by atoms with Gasteiger partial charge in [-0.05, 0) is 96.3 Å². The van der Waals surface area contributed by atoms with Crippen molar-refractivity contribution in [3.05, 3.63) is 122 Å². The molecule has 0 aliphatic heterocycles. The summed E-state index contributed by atoms with van der Waals surface area (Å²) in [4.78, 5) is 37.9. The van der Waals surface area contributed by atoms with Crippen molar-refractivity contribution in [2.45, 2.75) is 213 Å². The number of rotatable bonds is 44. The van der Waals surface area contributed by atoms with Crippen LogP contribution in [0.15, 0.2) is 122 Å². The van der Waals surface area contributed by atoms with Crippen molar-refractivity contribution >= 4 is 17.9 Å². The Bertz CT molecular complexity index is 1390. The highest BCUT2D eigenvalue weighted by Gasteiger charge is 2.19. The van der Waals surface area contributed by atoms with E-state index < -0.39 is 6.10 Å². The number of hydrogen-bond donors (Lipinski definition) is 0. The number of ether oxygens (including phenoxy) is 3. The summed E-state index contributed by atoms with van der Waals surface area (Å²) in [6, 6.07) is 0. The first-order valence-electron chi connectivity index (χ1n) is 25.5. The fraction of sp³-hybridized carbons (Fsp3) is 0.603. The van der Waals surface area contributed by atoms with Gasteiger partial charge in [0.15, 0.2) is 6.10 Å². The summed E-state index contributed by atoms with van der Waals surface area (Å²) in [5.74, 6) is -1.05. The van der Waals surface area contributed by atoms with Gasteiger partial charge in [0.05, 0.1) is 0 Å². The van der Waals surface area contributed by atoms with Gasteiger partial charge >= 0.3 is 17.9 Å². The van der Waals surface area contributed by atoms with E-state index in [-0.39, 0.29) is 44.0 Å². The Balaban J connectivity index is 4.59. The normalized spacial score (nSPS) is 13.1. The summed E-state index contributed by atoms with van der Waals surface area (Å²) in [5.41, 5.74) is 0. The Labute approximate surface area is 392 Å². The highest BCUT2D eigenvalue weighted by molar-refractivity contribution is 5.71. The molecule has 0 bridgehead atoms. The predicted molar refractivity (Wildman–Crippen MR) is 274 cm³/mol. The molecule has 6 heteroatoms. The number of allylic oxidation sites excluding steroid dienone is 20. The standard InChI is InChI=1S/C58H92O6/c1-4-7-10-13-16-19-22-25-27-29-31-33-36-39-42-45-48-51-57(60)63-54-55(53-62-56(59)50-47-44-41-38-35-24-21-18-15-12-9-6-3)64-58(61)52-49-46-43-40-37-34-32-30-28-26-23-20-17-14-11-8-5-2/h7-8,10-11,16-17,19-20,25-28,31-34,39-40,42-43,55H,4-6,9,12-15,18,21-24,29-30,35-38,41,44-54H2,1-3H3/b10-7-,11-8-,19-16-,20-17-,27-25-,28-26-,33-31-,34-32-,42-39-,43-40-. The summed E-state index contributed by atoms with van der Waals surface area (Å²) < 4.78 is 16.7. The lowest BCUT2D eigenvalue weighted by atomic mass is 10.0. The second-order valence-corrected chi connectivity index (χ2v) is 16.3. The van der Waals surface area contributed by atoms with E-state index in [1.54, 1.807) is 0 Å². The summed E-state index contributed by atoms with van der Waals surface area (Å²) in [6.45, 7) is 6.29. The van der Waals surface area contributed by atoms with Crippen LogP contribution in [0.5, 0.6) is 0 Å². The molecule has 0 saturated heterocycles. The zero-order valence-electron chi connectivity index (χ0n) is 41.0. The van der Waals surface area contributed by atoms with Gasteiger partial charge in [-0.2, -0.15) is 0 Å². The van der Waals surface area contributed by atoms with Gasteiger partial charge in [0, 0.05) is 19.3 Å². The number of unbranched alkanes of at least 4 members (excludes halogenated alkanes) is 13. The fourth-order valence-electron chi connectivity index (χ4n) is 6.45. The molecule has 0 amide bonds. The molecule has 0 radical (unpaired) electrons. The van der Waals surface area contributed by atoms with Crippen LogP contribution >= 0.6 is 0 Å². The van der Waals surface area contributed by atoms with E-state index in [1.807, 2.05) is 0 Å². The first kappa shape index (κ1) is 59.8. The molecule has 0 fully saturated rings. The maximum atomic E-state index is 12.8. The quantitative estimate of drug-likeness (QED) is 0.0262. The molecule has 360 valence electrons. The Morgan fingerprint density at radius 3 is 0.953 bits per heavy atom. The van der Waals surface area contributed by atoms with Gasteiger partial charge in [-0.1, -0.05) is 213 Å². The number of carbonyl (C=O) groups excluding carboxylic acids is 3. The topological polar surface area (TPSA) is 78.9 Å². The van der Waals surface area contributed by atoms with Gasteiger partial charge in [-0.3, -0.25) is 14.4 Å². The minimum absolute atomic E-state index is 0.120. The van der Waals surface area contributed by atoms with E-state index in [9.17, 15) is 14.4 Å². The summed E-state index contributed by atoms with van der Waals surface area (Å²) >= 11 is 0. The molecule has 0 N–H and O–H groups in total. The second kappa shape index (κ2) is 51.4. The molecular formula is C58H92O6. The molecule has 0 rings (SSSR count). The number of carbonyl (C=O) groups is 3. The smallest absolute Gasteiger partial charge is 0.306 e. The largest absolute Gasteiger partial charge is 0.462 e. The molecule has 0 spiro atoms. The zero-order chi connectivity index (χ0) is 46.5. The van der Waals surface area contributed by atoms with Crippen molar-refractivity contribution in [2.24, 2.45) is 0 Å². The van der Waals surface area contributed by atoms with Crippen LogP contribution in [0.1, 0.15) is 207 Å². The van der Waals surface area contributed by atoms with Gasteiger partial charge in [-0.25, -0.2) is 0 Å². The van der Waals surface area contributed by atoms with E-state index in [2.05, 4.69) is 142 Å². The van der Waals surface area contributed by atoms with E-state index >= 15 is 0 Å². The summed E-state index contributed by atoms with van der Waals surface area (Å²) in [6.07, 6.45) is 70.5. The average molecular weight is 885 g/mol. The van der Waals surface area contributed by atoms with Gasteiger partial charge < -0.3 is 14.2 Å². The fourth-order valence-corrected chi connectivity index (χ4v) is 6.45. The molecule has 6 nitrogen and oxygen atoms in total. The lowest BCUT2D eigenvalue weighted by Gasteiger charge is -2.18. The zero-order valence-corrected chi connectivity index (χ0v) is 41.0. The monoisotopic (exact) mass is 885 g/mol. The van der Waals surface area contributed by atoms with Crippen LogP contribution in [-0.4, -0.2) is 37.2 Å². The van der Waals surface area contributed by atoms with Crippen molar-refractivity contribution in [2.75, 3.05) is 13.2 Å². The molecular weight excluding hydrogens is 793 g/mol. The van der Waals surface area contributed by atoms with Crippen LogP contribution in [0.25, 0.3) is 0 Å². The number of hydrogen-bond acceptors (Lipinski definition) is 6. The van der Waals surface area contributed by atoms with Gasteiger partial charge in [0.2, 0.25) is 0 Å². The molecule has 0 aromatic heterocycles.